The number of amides is 2. The minimum Gasteiger partial charge on any atom is -0.444 e. The maximum Gasteiger partial charge on any atom is 0.408 e. The Bertz CT molecular complexity index is 584. The quantitative estimate of drug-likeness (QED) is 0.850. The Morgan fingerprint density at radius 1 is 1.35 bits per heavy atom. The van der Waals surface area contributed by atoms with Gasteiger partial charge in [0.25, 0.3) is 0 Å². The molecule has 23 heavy (non-hydrogen) atoms. The van der Waals surface area contributed by atoms with E-state index in [1.165, 1.54) is 11.1 Å². The molecule has 0 aliphatic heterocycles. The van der Waals surface area contributed by atoms with Gasteiger partial charge in [0.15, 0.2) is 0 Å². The van der Waals surface area contributed by atoms with Crippen LogP contribution < -0.4 is 5.32 Å². The van der Waals surface area contributed by atoms with E-state index in [4.69, 9.17) is 4.74 Å². The standard InChI is InChI=1S/C18H24N2O3/c1-6-12-20(5)16(21)15(13-14-10-8-7-9-11-14)19-17(22)23-18(2,3)4/h7-12,15H,1,13H2,2-5H3,(H,19,22)/t15-/m0/s1. The third kappa shape index (κ3) is 6.85. The first kappa shape index (κ1) is 18.5. The highest BCUT2D eigenvalue weighted by Crippen LogP contribution is 2.09. The van der Waals surface area contributed by atoms with Gasteiger partial charge in [-0.1, -0.05) is 36.9 Å². The summed E-state index contributed by atoms with van der Waals surface area (Å²) < 4.78 is 5.24. The normalized spacial score (nSPS) is 11.8. The third-order valence-corrected chi connectivity index (χ3v) is 2.90. The van der Waals surface area contributed by atoms with Crippen LogP contribution in [0.3, 0.4) is 0 Å². The molecule has 0 spiro atoms. The first-order valence-corrected chi connectivity index (χ1v) is 7.39. The monoisotopic (exact) mass is 316 g/mol. The molecule has 1 N–H and O–H groups in total. The van der Waals surface area contributed by atoms with Crippen LogP contribution >= 0.6 is 0 Å². The van der Waals surface area contributed by atoms with Crippen molar-refractivity contribution in [1.29, 1.82) is 0 Å². The van der Waals surface area contributed by atoms with Crippen molar-refractivity contribution in [3.63, 3.8) is 0 Å². The number of hydrogen-bond donors (Lipinski definition) is 1. The van der Waals surface area contributed by atoms with E-state index in [2.05, 4.69) is 17.6 Å². The molecule has 0 unspecified atom stereocenters. The second-order valence-electron chi connectivity index (χ2n) is 6.17. The Hall–Kier alpha value is -2.52. The molecule has 0 radical (unpaired) electrons. The lowest BCUT2D eigenvalue weighted by molar-refractivity contribution is -0.129. The van der Waals surface area contributed by atoms with E-state index in [1.807, 2.05) is 30.3 Å². The number of nitrogens with zero attached hydrogens (tertiary/aromatic N) is 1. The molecule has 2 amide bonds. The van der Waals surface area contributed by atoms with E-state index < -0.39 is 17.7 Å². The molecule has 0 aliphatic carbocycles. The Kier molecular flexibility index (Phi) is 6.61. The lowest BCUT2D eigenvalue weighted by atomic mass is 10.1. The Labute approximate surface area is 137 Å². The van der Waals surface area contributed by atoms with Crippen LogP contribution in [0.15, 0.2) is 48.8 Å². The fraction of sp³-hybridized carbons (Fsp3) is 0.389. The van der Waals surface area contributed by atoms with Crippen molar-refractivity contribution in [1.82, 2.24) is 10.2 Å². The smallest absolute Gasteiger partial charge is 0.408 e. The number of carbonyl (C=O) groups is 2. The number of alkyl carbamates (subject to hydrolysis) is 1. The molecule has 1 rings (SSSR count). The molecule has 124 valence electrons. The largest absolute Gasteiger partial charge is 0.444 e. The second kappa shape index (κ2) is 8.20. The third-order valence-electron chi connectivity index (χ3n) is 2.90. The van der Waals surface area contributed by atoms with Gasteiger partial charge in [0, 0.05) is 19.7 Å². The first-order chi connectivity index (χ1) is 10.7. The van der Waals surface area contributed by atoms with Crippen molar-refractivity contribution in [2.45, 2.75) is 38.8 Å². The van der Waals surface area contributed by atoms with Crippen LogP contribution in [-0.4, -0.2) is 35.6 Å². The number of likely N-dealkylation sites (N-methyl/N-ethyl adjacent to an activating group) is 1. The lowest BCUT2D eigenvalue weighted by Gasteiger charge is -2.25. The van der Waals surface area contributed by atoms with Crippen molar-refractivity contribution in [3.8, 4) is 0 Å². The average molecular weight is 316 g/mol. The summed E-state index contributed by atoms with van der Waals surface area (Å²) in [5, 5.41) is 2.64. The number of carbonyl (C=O) groups excluding carboxylic acids is 2. The van der Waals surface area contributed by atoms with Crippen molar-refractivity contribution >= 4 is 12.0 Å². The summed E-state index contributed by atoms with van der Waals surface area (Å²) in [6.45, 7) is 8.76. The van der Waals surface area contributed by atoms with Crippen LogP contribution in [0.5, 0.6) is 0 Å². The lowest BCUT2D eigenvalue weighted by Crippen LogP contribution is -2.48. The molecule has 1 aromatic rings. The maximum absolute atomic E-state index is 12.5. The van der Waals surface area contributed by atoms with Crippen LogP contribution in [0.2, 0.25) is 0 Å². The van der Waals surface area contributed by atoms with Gasteiger partial charge in [-0.25, -0.2) is 4.79 Å². The highest BCUT2D eigenvalue weighted by atomic mass is 16.6. The number of rotatable bonds is 5. The highest BCUT2D eigenvalue weighted by Gasteiger charge is 2.26. The molecule has 5 heteroatoms. The van der Waals surface area contributed by atoms with Gasteiger partial charge in [0.1, 0.15) is 11.6 Å². The van der Waals surface area contributed by atoms with Gasteiger partial charge in [-0.15, -0.1) is 5.73 Å². The zero-order valence-electron chi connectivity index (χ0n) is 14.1. The SMILES string of the molecule is C=C=CN(C)C(=O)[C@H](Cc1ccccc1)NC(=O)OC(C)(C)C. The van der Waals surface area contributed by atoms with Gasteiger partial charge in [0.2, 0.25) is 5.91 Å². The van der Waals surface area contributed by atoms with Gasteiger partial charge in [0.05, 0.1) is 0 Å². The maximum atomic E-state index is 12.5. The van der Waals surface area contributed by atoms with Crippen molar-refractivity contribution in [2.24, 2.45) is 0 Å². The second-order valence-corrected chi connectivity index (χ2v) is 6.17. The highest BCUT2D eigenvalue weighted by molar-refractivity contribution is 5.86. The molecule has 0 fully saturated rings. The molecule has 0 saturated carbocycles. The number of benzene rings is 1. The Balaban J connectivity index is 2.89. The molecule has 0 saturated heterocycles. The van der Waals surface area contributed by atoms with Gasteiger partial charge >= 0.3 is 6.09 Å². The minimum absolute atomic E-state index is 0.268. The van der Waals surface area contributed by atoms with Gasteiger partial charge in [-0.3, -0.25) is 4.79 Å². The number of ether oxygens (including phenoxy) is 1. The summed E-state index contributed by atoms with van der Waals surface area (Å²) in [6, 6.07) is 8.74. The van der Waals surface area contributed by atoms with E-state index >= 15 is 0 Å². The summed E-state index contributed by atoms with van der Waals surface area (Å²) in [4.78, 5) is 25.8. The topological polar surface area (TPSA) is 58.6 Å². The van der Waals surface area contributed by atoms with E-state index in [1.54, 1.807) is 27.8 Å². The molecular formula is C18H24N2O3. The molecule has 1 aromatic carbocycles. The summed E-state index contributed by atoms with van der Waals surface area (Å²) in [6.07, 6.45) is 1.17. The minimum atomic E-state index is -0.734. The van der Waals surface area contributed by atoms with E-state index in [0.717, 1.165) is 5.56 Å². The summed E-state index contributed by atoms with van der Waals surface area (Å²) in [5.74, 6) is -0.268. The van der Waals surface area contributed by atoms with Crippen molar-refractivity contribution in [2.75, 3.05) is 7.05 Å². The molecular weight excluding hydrogens is 292 g/mol. The van der Waals surface area contributed by atoms with Crippen molar-refractivity contribution < 1.29 is 14.3 Å². The fourth-order valence-electron chi connectivity index (χ4n) is 1.95. The van der Waals surface area contributed by atoms with Crippen molar-refractivity contribution in [3.05, 3.63) is 54.4 Å². The number of hydrogen-bond acceptors (Lipinski definition) is 3. The fourth-order valence-corrected chi connectivity index (χ4v) is 1.95. The molecule has 5 nitrogen and oxygen atoms in total. The molecule has 0 heterocycles. The number of nitrogens with one attached hydrogen (secondary N) is 1. The average Bonchev–Trinajstić information content (AvgIpc) is 2.45. The van der Waals surface area contributed by atoms with Gasteiger partial charge < -0.3 is 15.0 Å². The molecule has 1 atom stereocenters. The van der Waals surface area contributed by atoms with Gasteiger partial charge in [-0.05, 0) is 26.3 Å². The van der Waals surface area contributed by atoms with Crippen LogP contribution in [0, 0.1) is 0 Å². The Morgan fingerprint density at radius 2 is 1.96 bits per heavy atom. The summed E-state index contributed by atoms with van der Waals surface area (Å²) in [5.41, 5.74) is 2.86. The van der Waals surface area contributed by atoms with Crippen LogP contribution in [0.1, 0.15) is 26.3 Å². The van der Waals surface area contributed by atoms with E-state index in [0.29, 0.717) is 6.42 Å². The van der Waals surface area contributed by atoms with E-state index in [9.17, 15) is 9.59 Å². The van der Waals surface area contributed by atoms with Crippen LogP contribution in [0.4, 0.5) is 4.79 Å². The van der Waals surface area contributed by atoms with Gasteiger partial charge in [-0.2, -0.15) is 0 Å². The summed E-state index contributed by atoms with van der Waals surface area (Å²) in [7, 11) is 1.59. The predicted molar refractivity (Wildman–Crippen MR) is 89.8 cm³/mol. The summed E-state index contributed by atoms with van der Waals surface area (Å²) >= 11 is 0. The Morgan fingerprint density at radius 3 is 2.48 bits per heavy atom. The predicted octanol–water partition coefficient (Wildman–Crippen LogP) is 2.88. The van der Waals surface area contributed by atoms with E-state index in [-0.39, 0.29) is 5.91 Å². The molecule has 0 bridgehead atoms. The molecule has 0 aliphatic rings. The van der Waals surface area contributed by atoms with Crippen LogP contribution in [-0.2, 0) is 16.0 Å². The zero-order chi connectivity index (χ0) is 17.5. The first-order valence-electron chi connectivity index (χ1n) is 7.39. The molecule has 0 aromatic heterocycles. The zero-order valence-corrected chi connectivity index (χ0v) is 14.1. The van der Waals surface area contributed by atoms with Crippen LogP contribution in [0.25, 0.3) is 0 Å².